The Labute approximate surface area is 209 Å². The molecule has 194 valence electrons. The van der Waals surface area contributed by atoms with E-state index in [9.17, 15) is 22.4 Å². The number of carbonyl (C=O) groups is 1. The number of nitrogens with zero attached hydrogens (tertiary/aromatic N) is 3. The molecule has 0 atom stereocenters. The zero-order chi connectivity index (χ0) is 26.4. The van der Waals surface area contributed by atoms with Crippen LogP contribution in [0.25, 0.3) is 16.9 Å². The lowest BCUT2D eigenvalue weighted by molar-refractivity contribution is -0.253. The van der Waals surface area contributed by atoms with Crippen molar-refractivity contribution in [2.24, 2.45) is 0 Å². The molecule has 37 heavy (non-hydrogen) atoms. The Morgan fingerprint density at radius 1 is 1.08 bits per heavy atom. The molecule has 11 heteroatoms. The number of hydrogen-bond donors (Lipinski definition) is 2. The minimum Gasteiger partial charge on any atom is -0.428 e. The number of aliphatic hydroxyl groups excluding tert-OH is 1. The van der Waals surface area contributed by atoms with Crippen LogP contribution in [0.2, 0.25) is 0 Å². The van der Waals surface area contributed by atoms with E-state index in [2.05, 4.69) is 20.0 Å². The van der Waals surface area contributed by atoms with Crippen molar-refractivity contribution in [2.75, 3.05) is 11.9 Å². The first-order valence-electron chi connectivity index (χ1n) is 11.6. The largest absolute Gasteiger partial charge is 0.461 e. The van der Waals surface area contributed by atoms with Crippen molar-refractivity contribution in [3.63, 3.8) is 0 Å². The van der Waals surface area contributed by atoms with E-state index in [-0.39, 0.29) is 18.1 Å². The number of ketones is 1. The standard InChI is InChI=1S/C26H24F4N4O3/c27-25(28)26(29,30)37-20-9-5-8-19(15-20)33-23-24-32-16-21(34(24)12-11-31-23)17-6-4-7-18(14-17)22(36)10-2-1-3-13-35/h4-9,11-12,14-16,25,35H,1-3,10,13H2,(H,31,33). The van der Waals surface area contributed by atoms with Gasteiger partial charge in [0.2, 0.25) is 0 Å². The molecular formula is C26H24F4N4O3. The van der Waals surface area contributed by atoms with Gasteiger partial charge in [0.15, 0.2) is 17.2 Å². The number of aliphatic hydroxyl groups is 1. The number of unbranched alkanes of at least 4 members (excludes halogenated alkanes) is 2. The number of anilines is 2. The van der Waals surface area contributed by atoms with Crippen LogP contribution >= 0.6 is 0 Å². The summed E-state index contributed by atoms with van der Waals surface area (Å²) in [6, 6.07) is 12.4. The highest BCUT2D eigenvalue weighted by atomic mass is 19.3. The van der Waals surface area contributed by atoms with E-state index in [0.29, 0.717) is 42.0 Å². The minimum atomic E-state index is -4.62. The topological polar surface area (TPSA) is 88.8 Å². The molecule has 4 rings (SSSR count). The van der Waals surface area contributed by atoms with E-state index in [4.69, 9.17) is 5.11 Å². The van der Waals surface area contributed by atoms with E-state index in [1.807, 2.05) is 6.07 Å². The van der Waals surface area contributed by atoms with Gasteiger partial charge in [-0.1, -0.05) is 30.7 Å². The first-order chi connectivity index (χ1) is 17.8. The Kier molecular flexibility index (Phi) is 8.02. The van der Waals surface area contributed by atoms with Crippen molar-refractivity contribution in [2.45, 2.75) is 38.2 Å². The fraction of sp³-hybridized carbons (Fsp3) is 0.269. The highest BCUT2D eigenvalue weighted by Crippen LogP contribution is 2.31. The number of carbonyl (C=O) groups excluding carboxylic acids is 1. The van der Waals surface area contributed by atoms with Gasteiger partial charge in [0.25, 0.3) is 0 Å². The first kappa shape index (κ1) is 26.1. The van der Waals surface area contributed by atoms with Crippen molar-refractivity contribution in [1.82, 2.24) is 14.4 Å². The number of ether oxygens (including phenoxy) is 1. The van der Waals surface area contributed by atoms with Crippen LogP contribution < -0.4 is 10.1 Å². The number of halogens is 4. The minimum absolute atomic E-state index is 0.0113. The maximum atomic E-state index is 13.3. The third-order valence-corrected chi connectivity index (χ3v) is 5.58. The average molecular weight is 516 g/mol. The fourth-order valence-electron chi connectivity index (χ4n) is 3.77. The number of rotatable bonds is 12. The molecule has 0 saturated carbocycles. The fourth-order valence-corrected chi connectivity index (χ4v) is 3.77. The normalized spacial score (nSPS) is 11.7. The first-order valence-corrected chi connectivity index (χ1v) is 11.6. The average Bonchev–Trinajstić information content (AvgIpc) is 3.32. The Morgan fingerprint density at radius 3 is 2.68 bits per heavy atom. The van der Waals surface area contributed by atoms with Crippen LogP contribution in [-0.2, 0) is 0 Å². The summed E-state index contributed by atoms with van der Waals surface area (Å²) in [5, 5.41) is 11.8. The van der Waals surface area contributed by atoms with E-state index >= 15 is 0 Å². The highest BCUT2D eigenvalue weighted by Gasteiger charge is 2.44. The van der Waals surface area contributed by atoms with Crippen LogP contribution in [0.3, 0.4) is 0 Å². The Morgan fingerprint density at radius 2 is 1.89 bits per heavy atom. The molecule has 2 heterocycles. The molecular weight excluding hydrogens is 492 g/mol. The van der Waals surface area contributed by atoms with E-state index in [0.717, 1.165) is 24.1 Å². The molecule has 0 saturated heterocycles. The van der Waals surface area contributed by atoms with Crippen molar-refractivity contribution < 1.29 is 32.2 Å². The zero-order valence-corrected chi connectivity index (χ0v) is 19.6. The smallest absolute Gasteiger partial charge is 0.428 e. The Balaban J connectivity index is 1.56. The van der Waals surface area contributed by atoms with E-state index in [1.54, 1.807) is 35.0 Å². The van der Waals surface area contributed by atoms with Crippen molar-refractivity contribution >= 4 is 22.9 Å². The van der Waals surface area contributed by atoms with Crippen LogP contribution in [0.4, 0.5) is 29.1 Å². The summed E-state index contributed by atoms with van der Waals surface area (Å²) in [5.74, 6) is -0.135. The second kappa shape index (κ2) is 11.4. The van der Waals surface area contributed by atoms with Crippen LogP contribution in [0.5, 0.6) is 5.75 Å². The van der Waals surface area contributed by atoms with Gasteiger partial charge in [0.05, 0.1) is 11.9 Å². The summed E-state index contributed by atoms with van der Waals surface area (Å²) in [7, 11) is 0. The third-order valence-electron chi connectivity index (χ3n) is 5.58. The molecule has 2 N–H and O–H groups in total. The van der Waals surface area contributed by atoms with Gasteiger partial charge in [-0.25, -0.2) is 9.97 Å². The number of aromatic nitrogens is 3. The predicted octanol–water partition coefficient (Wildman–Crippen LogP) is 6.11. The Hall–Kier alpha value is -3.99. The van der Waals surface area contributed by atoms with Crippen LogP contribution in [0.15, 0.2) is 67.1 Å². The zero-order valence-electron chi connectivity index (χ0n) is 19.6. The predicted molar refractivity (Wildman–Crippen MR) is 130 cm³/mol. The van der Waals surface area contributed by atoms with Crippen LogP contribution in [0, 0.1) is 0 Å². The molecule has 0 spiro atoms. The number of alkyl halides is 4. The molecule has 2 aromatic heterocycles. The van der Waals surface area contributed by atoms with Crippen LogP contribution in [-0.4, -0.2) is 44.4 Å². The van der Waals surface area contributed by atoms with Gasteiger partial charge < -0.3 is 15.2 Å². The summed E-state index contributed by atoms with van der Waals surface area (Å²) in [5.41, 5.74) is 2.73. The molecule has 0 unspecified atom stereocenters. The number of imidazole rings is 1. The van der Waals surface area contributed by atoms with Gasteiger partial charge in [-0.15, -0.1) is 0 Å². The summed E-state index contributed by atoms with van der Waals surface area (Å²) in [6.07, 6.45) is -1.23. The molecule has 0 fully saturated rings. The monoisotopic (exact) mass is 516 g/mol. The lowest BCUT2D eigenvalue weighted by atomic mass is 10.0. The van der Waals surface area contributed by atoms with Crippen molar-refractivity contribution in [3.05, 3.63) is 72.7 Å². The summed E-state index contributed by atoms with van der Waals surface area (Å²) < 4.78 is 57.4. The molecule has 4 aromatic rings. The second-order valence-electron chi connectivity index (χ2n) is 8.27. The molecule has 0 aliphatic rings. The Bertz CT molecular complexity index is 1380. The molecule has 2 aromatic carbocycles. The number of Topliss-reactive ketones (excluding diaryl/α,β-unsaturated/α-hetero) is 1. The maximum absolute atomic E-state index is 13.3. The lowest BCUT2D eigenvalue weighted by Gasteiger charge is -2.17. The molecule has 7 nitrogen and oxygen atoms in total. The van der Waals surface area contributed by atoms with Gasteiger partial charge in [0.1, 0.15) is 5.75 Å². The maximum Gasteiger partial charge on any atom is 0.461 e. The summed E-state index contributed by atoms with van der Waals surface area (Å²) in [6.45, 7) is 0.109. The summed E-state index contributed by atoms with van der Waals surface area (Å²) in [4.78, 5) is 21.3. The van der Waals surface area contributed by atoms with Gasteiger partial charge in [0, 0.05) is 48.3 Å². The molecule has 0 aliphatic heterocycles. The van der Waals surface area contributed by atoms with Crippen molar-refractivity contribution in [3.8, 4) is 17.0 Å². The highest BCUT2D eigenvalue weighted by molar-refractivity contribution is 5.97. The van der Waals surface area contributed by atoms with Gasteiger partial charge in [-0.2, -0.15) is 17.6 Å². The molecule has 0 radical (unpaired) electrons. The number of benzene rings is 2. The third kappa shape index (κ3) is 6.23. The second-order valence-corrected chi connectivity index (χ2v) is 8.27. The van der Waals surface area contributed by atoms with E-state index < -0.39 is 18.3 Å². The van der Waals surface area contributed by atoms with Crippen LogP contribution in [0.1, 0.15) is 36.0 Å². The summed E-state index contributed by atoms with van der Waals surface area (Å²) >= 11 is 0. The molecule has 0 aliphatic carbocycles. The van der Waals surface area contributed by atoms with Gasteiger partial charge in [-0.3, -0.25) is 9.20 Å². The van der Waals surface area contributed by atoms with E-state index in [1.165, 1.54) is 18.3 Å². The van der Waals surface area contributed by atoms with Gasteiger partial charge in [-0.05, 0) is 31.0 Å². The lowest BCUT2D eigenvalue weighted by Crippen LogP contribution is -2.33. The number of hydrogen-bond acceptors (Lipinski definition) is 6. The van der Waals surface area contributed by atoms with Crippen molar-refractivity contribution in [1.29, 1.82) is 0 Å². The number of nitrogens with one attached hydrogen (secondary N) is 1. The molecule has 0 bridgehead atoms. The van der Waals surface area contributed by atoms with Gasteiger partial charge >= 0.3 is 12.5 Å². The SMILES string of the molecule is O=C(CCCCCO)c1cccc(-c2cnc3c(Nc4cccc(OC(F)(F)C(F)F)c4)nccn23)c1. The quantitative estimate of drug-likeness (QED) is 0.134. The molecule has 0 amide bonds. The number of fused-ring (bicyclic) bond motifs is 1.